The van der Waals surface area contributed by atoms with Crippen LogP contribution in [0.3, 0.4) is 0 Å². The molecule has 0 aliphatic heterocycles. The van der Waals surface area contributed by atoms with E-state index in [4.69, 9.17) is 0 Å². The van der Waals surface area contributed by atoms with Gasteiger partial charge in [0.25, 0.3) is 0 Å². The van der Waals surface area contributed by atoms with Crippen LogP contribution < -0.4 is 0 Å². The lowest BCUT2D eigenvalue weighted by Crippen LogP contribution is -2.30. The van der Waals surface area contributed by atoms with Gasteiger partial charge in [-0.25, -0.2) is 0 Å². The zero-order chi connectivity index (χ0) is 10.1. The van der Waals surface area contributed by atoms with Crippen LogP contribution >= 0.6 is 0 Å². The molecule has 0 spiro atoms. The largest absolute Gasteiger partial charge is 0.323 e. The summed E-state index contributed by atoms with van der Waals surface area (Å²) >= 11 is 0. The van der Waals surface area contributed by atoms with E-state index in [1.54, 1.807) is 0 Å². The van der Waals surface area contributed by atoms with Crippen LogP contribution in [0.2, 0.25) is 0 Å². The second-order valence-corrected chi connectivity index (χ2v) is 4.48. The summed E-state index contributed by atoms with van der Waals surface area (Å²) in [6, 6.07) is 1.33. The molecule has 0 unspecified atom stereocenters. The first-order valence-corrected chi connectivity index (χ1v) is 4.82. The maximum Gasteiger partial charge on any atom is 0.323 e. The maximum absolute atomic E-state index is 11.4. The number of hydrogen-bond acceptors (Lipinski definition) is 4. The Labute approximate surface area is 76.0 Å². The molecule has 0 amide bonds. The Bertz CT molecular complexity index is 407. The van der Waals surface area contributed by atoms with Gasteiger partial charge in [-0.1, -0.05) is 0 Å². The number of carbonyl (C=O) groups is 1. The van der Waals surface area contributed by atoms with Gasteiger partial charge in [-0.05, 0) is 6.07 Å². The van der Waals surface area contributed by atoms with Gasteiger partial charge >= 0.3 is 10.2 Å². The molecule has 0 aromatic carbocycles. The van der Waals surface area contributed by atoms with E-state index in [1.165, 1.54) is 26.4 Å². The van der Waals surface area contributed by atoms with E-state index in [-0.39, 0.29) is 5.69 Å². The van der Waals surface area contributed by atoms with Crippen molar-refractivity contribution in [2.24, 2.45) is 0 Å². The molecule has 0 atom stereocenters. The Balaban J connectivity index is 3.30. The van der Waals surface area contributed by atoms with Crippen molar-refractivity contribution < 1.29 is 13.2 Å². The molecule has 0 aliphatic carbocycles. The van der Waals surface area contributed by atoms with Gasteiger partial charge in [0.15, 0.2) is 6.29 Å². The van der Waals surface area contributed by atoms with Gasteiger partial charge in [-0.15, -0.1) is 4.09 Å². The number of rotatable bonds is 3. The van der Waals surface area contributed by atoms with Gasteiger partial charge in [0.1, 0.15) is 5.69 Å². The molecule has 0 bridgehead atoms. The number of aromatic nitrogens is 2. The molecule has 0 radical (unpaired) electrons. The predicted molar refractivity (Wildman–Crippen MR) is 45.6 cm³/mol. The van der Waals surface area contributed by atoms with Gasteiger partial charge in [0, 0.05) is 14.1 Å². The van der Waals surface area contributed by atoms with Crippen molar-refractivity contribution in [2.45, 2.75) is 0 Å². The normalized spacial score (nSPS) is 11.9. The van der Waals surface area contributed by atoms with E-state index in [2.05, 4.69) is 5.10 Å². The van der Waals surface area contributed by atoms with E-state index in [0.717, 1.165) is 4.31 Å². The number of aldehydes is 1. The highest BCUT2D eigenvalue weighted by Gasteiger charge is 2.19. The molecular weight excluding hydrogens is 194 g/mol. The van der Waals surface area contributed by atoms with E-state index in [0.29, 0.717) is 10.4 Å². The number of hydrogen-bond donors (Lipinski definition) is 0. The topological polar surface area (TPSA) is 72.3 Å². The van der Waals surface area contributed by atoms with Crippen LogP contribution in [-0.4, -0.2) is 42.3 Å². The minimum atomic E-state index is -3.67. The summed E-state index contributed by atoms with van der Waals surface area (Å²) in [6.45, 7) is 0. The van der Waals surface area contributed by atoms with Crippen LogP contribution in [0.15, 0.2) is 12.3 Å². The van der Waals surface area contributed by atoms with Crippen molar-refractivity contribution in [1.82, 2.24) is 13.5 Å². The fraction of sp³-hybridized carbons (Fsp3) is 0.333. The smallest absolute Gasteiger partial charge is 0.296 e. The summed E-state index contributed by atoms with van der Waals surface area (Å²) in [4.78, 5) is 10.4. The molecule has 1 rings (SSSR count). The zero-order valence-electron chi connectivity index (χ0n) is 7.21. The highest BCUT2D eigenvalue weighted by Crippen LogP contribution is 2.02. The highest BCUT2D eigenvalue weighted by atomic mass is 32.2. The Kier molecular flexibility index (Phi) is 2.48. The van der Waals surface area contributed by atoms with Gasteiger partial charge in [-0.3, -0.25) is 4.79 Å². The molecule has 13 heavy (non-hydrogen) atoms. The molecule has 0 saturated heterocycles. The third kappa shape index (κ3) is 1.61. The first-order chi connectivity index (χ1) is 6.00. The number of carbonyl (C=O) groups excluding carboxylic acids is 1. The van der Waals surface area contributed by atoms with Crippen molar-refractivity contribution >= 4 is 16.5 Å². The first kappa shape index (κ1) is 9.87. The van der Waals surface area contributed by atoms with Crippen molar-refractivity contribution in [3.05, 3.63) is 18.0 Å². The molecular formula is C6H9N3O3S. The molecule has 1 aromatic heterocycles. The van der Waals surface area contributed by atoms with Gasteiger partial charge in [-0.2, -0.15) is 17.8 Å². The lowest BCUT2D eigenvalue weighted by molar-refractivity contribution is 0.111. The van der Waals surface area contributed by atoms with Crippen LogP contribution in [0.25, 0.3) is 0 Å². The van der Waals surface area contributed by atoms with Crippen molar-refractivity contribution in [1.29, 1.82) is 0 Å². The fourth-order valence-corrected chi connectivity index (χ4v) is 1.59. The van der Waals surface area contributed by atoms with Crippen molar-refractivity contribution in [3.63, 3.8) is 0 Å². The minimum Gasteiger partial charge on any atom is -0.296 e. The summed E-state index contributed by atoms with van der Waals surface area (Å²) in [5.41, 5.74) is 0.00806. The molecule has 72 valence electrons. The van der Waals surface area contributed by atoms with Crippen LogP contribution in [0, 0.1) is 0 Å². The van der Waals surface area contributed by atoms with Crippen LogP contribution in [0.5, 0.6) is 0 Å². The molecule has 6 nitrogen and oxygen atoms in total. The van der Waals surface area contributed by atoms with Gasteiger partial charge < -0.3 is 0 Å². The third-order valence-corrected chi connectivity index (χ3v) is 3.10. The Morgan fingerprint density at radius 1 is 1.54 bits per heavy atom. The Morgan fingerprint density at radius 3 is 2.62 bits per heavy atom. The Hall–Kier alpha value is -1.21. The highest BCUT2D eigenvalue weighted by molar-refractivity contribution is 7.87. The second-order valence-electron chi connectivity index (χ2n) is 2.51. The van der Waals surface area contributed by atoms with Crippen molar-refractivity contribution in [3.8, 4) is 0 Å². The second kappa shape index (κ2) is 3.27. The summed E-state index contributed by atoms with van der Waals surface area (Å²) in [5.74, 6) is 0. The predicted octanol–water partition coefficient (Wildman–Crippen LogP) is -0.650. The standard InChI is InChI=1S/C6H9N3O3S/c1-8(2)13(11,12)9-6(5-10)3-4-7-9/h3-5H,1-2H3. The molecule has 1 aromatic rings. The summed E-state index contributed by atoms with van der Waals surface area (Å²) in [5, 5.41) is 3.54. The molecule has 0 aliphatic rings. The SMILES string of the molecule is CN(C)S(=O)(=O)n1nccc1C=O. The van der Waals surface area contributed by atoms with Crippen molar-refractivity contribution in [2.75, 3.05) is 14.1 Å². The van der Waals surface area contributed by atoms with Gasteiger partial charge in [0.05, 0.1) is 6.20 Å². The zero-order valence-corrected chi connectivity index (χ0v) is 8.02. The fourth-order valence-electron chi connectivity index (χ4n) is 0.733. The van der Waals surface area contributed by atoms with E-state index >= 15 is 0 Å². The van der Waals surface area contributed by atoms with Crippen LogP contribution in [0.4, 0.5) is 0 Å². The first-order valence-electron chi connectivity index (χ1n) is 3.42. The average molecular weight is 203 g/mol. The maximum atomic E-state index is 11.4. The summed E-state index contributed by atoms with van der Waals surface area (Å²) in [6.07, 6.45) is 1.69. The molecule has 1 heterocycles. The Morgan fingerprint density at radius 2 is 2.15 bits per heavy atom. The quantitative estimate of drug-likeness (QED) is 0.612. The summed E-state index contributed by atoms with van der Waals surface area (Å²) in [7, 11) is -0.935. The van der Waals surface area contributed by atoms with Crippen LogP contribution in [0.1, 0.15) is 10.5 Å². The third-order valence-electron chi connectivity index (χ3n) is 1.44. The molecule has 0 N–H and O–H groups in total. The molecule has 0 fully saturated rings. The van der Waals surface area contributed by atoms with Gasteiger partial charge in [0.2, 0.25) is 0 Å². The lowest BCUT2D eigenvalue weighted by Gasteiger charge is -2.11. The lowest BCUT2D eigenvalue weighted by atomic mass is 10.5. The average Bonchev–Trinajstić information content (AvgIpc) is 2.51. The van der Waals surface area contributed by atoms with E-state index in [9.17, 15) is 13.2 Å². The molecule has 0 saturated carbocycles. The monoisotopic (exact) mass is 203 g/mol. The van der Waals surface area contributed by atoms with Crippen LogP contribution in [-0.2, 0) is 10.2 Å². The van der Waals surface area contributed by atoms with E-state index < -0.39 is 10.2 Å². The number of nitrogens with zero attached hydrogens (tertiary/aromatic N) is 3. The van der Waals surface area contributed by atoms with E-state index in [1.807, 2.05) is 0 Å². The molecule has 7 heteroatoms. The summed E-state index contributed by atoms with van der Waals surface area (Å²) < 4.78 is 24.5. The minimum absolute atomic E-state index is 0.00806.